The first-order chi connectivity index (χ1) is 18.7. The lowest BCUT2D eigenvalue weighted by Crippen LogP contribution is -2.51. The fourth-order valence-electron chi connectivity index (χ4n) is 4.51. The summed E-state index contributed by atoms with van der Waals surface area (Å²) >= 11 is 7.69. The molecule has 1 N–H and O–H groups in total. The molecule has 0 aliphatic carbocycles. The Morgan fingerprint density at radius 3 is 2.51 bits per heavy atom. The van der Waals surface area contributed by atoms with Crippen LogP contribution in [0.25, 0.3) is 11.0 Å². The minimum Gasteiger partial charge on any atom is -0.476 e. The monoisotopic (exact) mass is 564 g/mol. The molecule has 2 aromatic heterocycles. The summed E-state index contributed by atoms with van der Waals surface area (Å²) in [5.74, 6) is 0.786. The molecule has 4 aromatic rings. The van der Waals surface area contributed by atoms with Crippen molar-refractivity contribution in [3.8, 4) is 5.75 Å². The van der Waals surface area contributed by atoms with Crippen LogP contribution in [-0.2, 0) is 4.79 Å². The van der Waals surface area contributed by atoms with Gasteiger partial charge in [0, 0.05) is 31.4 Å². The Morgan fingerprint density at radius 2 is 1.77 bits per heavy atom. The van der Waals surface area contributed by atoms with Crippen molar-refractivity contribution >= 4 is 51.6 Å². The number of fused-ring (bicyclic) bond motifs is 1. The summed E-state index contributed by atoms with van der Waals surface area (Å²) in [6.07, 6.45) is 3.13. The van der Waals surface area contributed by atoms with Crippen molar-refractivity contribution in [2.45, 2.75) is 38.2 Å². The van der Waals surface area contributed by atoms with Gasteiger partial charge in [-0.2, -0.15) is 0 Å². The molecule has 1 aliphatic heterocycles. The van der Waals surface area contributed by atoms with Crippen LogP contribution in [0.15, 0.2) is 60.1 Å². The minimum atomic E-state index is -1.05. The van der Waals surface area contributed by atoms with Gasteiger partial charge in [0.1, 0.15) is 11.4 Å². The van der Waals surface area contributed by atoms with Gasteiger partial charge in [0.25, 0.3) is 11.8 Å². The number of carbonyl (C=O) groups excluding carboxylic acids is 2. The second kappa shape index (κ2) is 11.2. The topological polar surface area (TPSA) is 101 Å². The molecule has 0 spiro atoms. The van der Waals surface area contributed by atoms with E-state index in [0.29, 0.717) is 35.4 Å². The van der Waals surface area contributed by atoms with Crippen molar-refractivity contribution < 1.29 is 14.3 Å². The summed E-state index contributed by atoms with van der Waals surface area (Å²) in [6, 6.07) is 14.7. The number of hydrogen-bond acceptors (Lipinski definition) is 8. The van der Waals surface area contributed by atoms with E-state index in [9.17, 15) is 9.59 Å². The van der Waals surface area contributed by atoms with E-state index in [-0.39, 0.29) is 17.7 Å². The second-order valence-corrected chi connectivity index (χ2v) is 11.2. The maximum atomic E-state index is 13.2. The lowest BCUT2D eigenvalue weighted by Gasteiger charge is -2.36. The molecule has 202 valence electrons. The van der Waals surface area contributed by atoms with Crippen LogP contribution < -0.4 is 15.2 Å². The Balaban J connectivity index is 1.16. The van der Waals surface area contributed by atoms with Crippen LogP contribution in [0.2, 0.25) is 5.02 Å². The lowest BCUT2D eigenvalue weighted by atomic mass is 9.96. The number of nitrogens with one attached hydrogen (secondary N) is 1. The van der Waals surface area contributed by atoms with Gasteiger partial charge < -0.3 is 9.64 Å². The van der Waals surface area contributed by atoms with Crippen LogP contribution in [0.5, 0.6) is 5.75 Å². The van der Waals surface area contributed by atoms with Gasteiger partial charge in [0.2, 0.25) is 0 Å². The van der Waals surface area contributed by atoms with Crippen molar-refractivity contribution in [2.24, 2.45) is 0 Å². The third-order valence-corrected chi connectivity index (χ3v) is 7.97. The van der Waals surface area contributed by atoms with Gasteiger partial charge in [0.05, 0.1) is 27.3 Å². The molecule has 2 aromatic carbocycles. The molecule has 1 fully saturated rings. The van der Waals surface area contributed by atoms with E-state index in [1.165, 1.54) is 16.3 Å². The number of anilines is 1. The third-order valence-electron chi connectivity index (χ3n) is 6.65. The van der Waals surface area contributed by atoms with E-state index < -0.39 is 5.60 Å². The molecule has 3 heterocycles. The summed E-state index contributed by atoms with van der Waals surface area (Å²) in [5, 5.41) is 4.67. The number of benzene rings is 2. The van der Waals surface area contributed by atoms with Gasteiger partial charge >= 0.3 is 0 Å². The van der Waals surface area contributed by atoms with Gasteiger partial charge in [-0.15, -0.1) is 11.3 Å². The van der Waals surface area contributed by atoms with E-state index in [0.717, 1.165) is 28.9 Å². The molecular formula is C28H29ClN6O3S. The van der Waals surface area contributed by atoms with Crippen molar-refractivity contribution in [1.29, 1.82) is 0 Å². The molecule has 39 heavy (non-hydrogen) atoms. The normalized spacial score (nSPS) is 14.3. The van der Waals surface area contributed by atoms with Gasteiger partial charge in [-0.05, 0) is 51.0 Å². The molecule has 5 rings (SSSR count). The van der Waals surface area contributed by atoms with Gasteiger partial charge in [-0.1, -0.05) is 35.9 Å². The zero-order valence-electron chi connectivity index (χ0n) is 21.9. The first kappa shape index (κ1) is 26.8. The van der Waals surface area contributed by atoms with Crippen LogP contribution in [0.3, 0.4) is 0 Å². The molecule has 0 atom stereocenters. The minimum absolute atomic E-state index is 0.0834. The second-order valence-electron chi connectivity index (χ2n) is 9.90. The average molecular weight is 565 g/mol. The largest absolute Gasteiger partial charge is 0.476 e. The summed E-state index contributed by atoms with van der Waals surface area (Å²) in [5.41, 5.74) is 3.65. The molecule has 0 radical (unpaired) electrons. The number of carbonyl (C=O) groups is 2. The Kier molecular flexibility index (Phi) is 7.67. The molecule has 0 bridgehead atoms. The fourth-order valence-corrected chi connectivity index (χ4v) is 5.66. The lowest BCUT2D eigenvalue weighted by molar-refractivity contribution is -0.146. The van der Waals surface area contributed by atoms with E-state index in [1.54, 1.807) is 44.6 Å². The van der Waals surface area contributed by atoms with Crippen molar-refractivity contribution in [1.82, 2.24) is 25.3 Å². The molecule has 1 aliphatic rings. The predicted molar refractivity (Wildman–Crippen MR) is 152 cm³/mol. The molecular weight excluding hydrogens is 536 g/mol. The summed E-state index contributed by atoms with van der Waals surface area (Å²) < 4.78 is 5.98. The number of aromatic nitrogens is 3. The van der Waals surface area contributed by atoms with Gasteiger partial charge in [0.15, 0.2) is 11.4 Å². The number of halogens is 1. The van der Waals surface area contributed by atoms with Crippen LogP contribution in [0.1, 0.15) is 48.1 Å². The number of likely N-dealkylation sites (tertiary alicyclic amines) is 1. The number of nitrogens with zero attached hydrogens (tertiary/aromatic N) is 5. The van der Waals surface area contributed by atoms with E-state index in [4.69, 9.17) is 16.3 Å². The number of rotatable bonds is 7. The highest BCUT2D eigenvalue weighted by Gasteiger charge is 2.37. The zero-order chi connectivity index (χ0) is 27.6. The Bertz CT molecular complexity index is 1500. The van der Waals surface area contributed by atoms with Crippen LogP contribution in [-0.4, -0.2) is 57.4 Å². The maximum absolute atomic E-state index is 13.2. The quantitative estimate of drug-likeness (QED) is 0.312. The molecule has 1 saturated heterocycles. The van der Waals surface area contributed by atoms with Crippen molar-refractivity contribution in [2.75, 3.05) is 25.1 Å². The third kappa shape index (κ3) is 5.97. The van der Waals surface area contributed by atoms with Crippen molar-refractivity contribution in [3.63, 3.8) is 0 Å². The smallest absolute Gasteiger partial charge is 0.289 e. The Morgan fingerprint density at radius 1 is 1.08 bits per heavy atom. The first-order valence-electron chi connectivity index (χ1n) is 12.7. The summed E-state index contributed by atoms with van der Waals surface area (Å²) in [6.45, 7) is 4.69. The number of piperidine rings is 1. The molecule has 2 amide bonds. The number of hydrogen-bond donors (Lipinski definition) is 1. The molecule has 9 nitrogen and oxygen atoms in total. The van der Waals surface area contributed by atoms with E-state index >= 15 is 0 Å². The highest BCUT2D eigenvalue weighted by Crippen LogP contribution is 2.33. The molecule has 0 saturated carbocycles. The Labute approximate surface area is 235 Å². The van der Waals surface area contributed by atoms with E-state index in [2.05, 4.69) is 20.4 Å². The van der Waals surface area contributed by atoms with Gasteiger partial charge in [-0.25, -0.2) is 9.97 Å². The number of hydrazine groups is 1. The Hall–Kier alpha value is -3.76. The number of ether oxygens (including phenoxy) is 1. The van der Waals surface area contributed by atoms with Crippen LogP contribution in [0, 0.1) is 0 Å². The zero-order valence-corrected chi connectivity index (χ0v) is 23.5. The average Bonchev–Trinajstić information content (AvgIpc) is 3.44. The van der Waals surface area contributed by atoms with Crippen molar-refractivity contribution in [3.05, 3.63) is 75.8 Å². The van der Waals surface area contributed by atoms with Gasteiger partial charge in [-0.3, -0.25) is 25.0 Å². The first-order valence-corrected chi connectivity index (χ1v) is 13.9. The SMILES string of the molecule is CN(NC(=O)c1csc(C2CCN(C(=O)C(C)(C)Oc3ccccc3Cl)CC2)n1)c1cnc2ccccc2n1. The summed E-state index contributed by atoms with van der Waals surface area (Å²) in [4.78, 5) is 41.5. The fraction of sp³-hybridized carbons (Fsp3) is 0.321. The van der Waals surface area contributed by atoms with Crippen LogP contribution in [0.4, 0.5) is 5.82 Å². The number of para-hydroxylation sites is 3. The molecule has 11 heteroatoms. The van der Waals surface area contributed by atoms with Crippen LogP contribution >= 0.6 is 22.9 Å². The highest BCUT2D eigenvalue weighted by atomic mass is 35.5. The highest BCUT2D eigenvalue weighted by molar-refractivity contribution is 7.09. The number of amides is 2. The standard InChI is InChI=1S/C28H29ClN6O3S/c1-28(2,38-23-11-7-4-8-19(23)29)27(37)35-14-12-18(13-15-35)26-32-22(17-39-26)25(36)33-34(3)24-16-30-20-9-5-6-10-21(20)31-24/h4-11,16-18H,12-15H2,1-3H3,(H,33,36). The summed E-state index contributed by atoms with van der Waals surface area (Å²) in [7, 11) is 1.72. The maximum Gasteiger partial charge on any atom is 0.289 e. The number of thiazole rings is 1. The predicted octanol–water partition coefficient (Wildman–Crippen LogP) is 5.08. The molecule has 0 unspecified atom stereocenters. The van der Waals surface area contributed by atoms with E-state index in [1.807, 2.05) is 41.3 Å².